The summed E-state index contributed by atoms with van der Waals surface area (Å²) in [5.74, 6) is 0.691. The van der Waals surface area contributed by atoms with Crippen molar-refractivity contribution in [2.45, 2.75) is 46.5 Å². The van der Waals surface area contributed by atoms with Crippen molar-refractivity contribution in [3.05, 3.63) is 6.10 Å². The van der Waals surface area contributed by atoms with Crippen LogP contribution in [-0.2, 0) is 0 Å². The fourth-order valence-corrected chi connectivity index (χ4v) is 1.78. The molecule has 1 aliphatic rings. The Bertz CT molecular complexity index is 123. The monoisotopic (exact) mass is 155 g/mol. The molecule has 65 valence electrons. The third kappa shape index (κ3) is 2.48. The standard InChI is InChI=1S/C10H19O/c1-10(2,3)8-5-4-6-9(11)7-8/h8,11H,4-7H2,1-3H3. The molecule has 0 aromatic heterocycles. The van der Waals surface area contributed by atoms with Gasteiger partial charge in [0.25, 0.3) is 0 Å². The van der Waals surface area contributed by atoms with E-state index in [1.165, 1.54) is 12.8 Å². The molecule has 0 aliphatic heterocycles. The zero-order valence-electron chi connectivity index (χ0n) is 7.85. The van der Waals surface area contributed by atoms with E-state index < -0.39 is 0 Å². The van der Waals surface area contributed by atoms with Crippen molar-refractivity contribution in [1.82, 2.24) is 0 Å². The summed E-state index contributed by atoms with van der Waals surface area (Å²) in [6, 6.07) is 0. The van der Waals surface area contributed by atoms with Crippen LogP contribution in [0.1, 0.15) is 46.5 Å². The van der Waals surface area contributed by atoms with Gasteiger partial charge in [0.1, 0.15) is 0 Å². The molecular formula is C10H19O. The predicted octanol–water partition coefficient (Wildman–Crippen LogP) is 3.13. The van der Waals surface area contributed by atoms with Gasteiger partial charge >= 0.3 is 0 Å². The van der Waals surface area contributed by atoms with Crippen molar-refractivity contribution in [2.75, 3.05) is 0 Å². The van der Waals surface area contributed by atoms with Crippen LogP contribution in [0.5, 0.6) is 0 Å². The molecule has 0 aromatic rings. The summed E-state index contributed by atoms with van der Waals surface area (Å²) in [4.78, 5) is 0. The smallest absolute Gasteiger partial charge is 0.0936 e. The quantitative estimate of drug-likeness (QED) is 0.570. The molecule has 1 radical (unpaired) electrons. The Hall–Kier alpha value is -0.0400. The second kappa shape index (κ2) is 3.14. The van der Waals surface area contributed by atoms with Gasteiger partial charge in [-0.25, -0.2) is 0 Å². The van der Waals surface area contributed by atoms with Crippen LogP contribution in [-0.4, -0.2) is 5.11 Å². The van der Waals surface area contributed by atoms with Crippen molar-refractivity contribution in [3.8, 4) is 0 Å². The summed E-state index contributed by atoms with van der Waals surface area (Å²) in [6.07, 6.45) is 5.05. The fourth-order valence-electron chi connectivity index (χ4n) is 1.78. The van der Waals surface area contributed by atoms with E-state index in [9.17, 15) is 5.11 Å². The molecule has 0 heterocycles. The van der Waals surface area contributed by atoms with Gasteiger partial charge in [-0.3, -0.25) is 0 Å². The van der Waals surface area contributed by atoms with E-state index in [0.29, 0.717) is 11.3 Å². The van der Waals surface area contributed by atoms with Crippen LogP contribution in [0.4, 0.5) is 0 Å². The Labute approximate surface area is 69.8 Å². The van der Waals surface area contributed by atoms with E-state index in [4.69, 9.17) is 0 Å². The lowest BCUT2D eigenvalue weighted by Crippen LogP contribution is -2.25. The van der Waals surface area contributed by atoms with Crippen molar-refractivity contribution in [2.24, 2.45) is 11.3 Å². The molecule has 1 atom stereocenters. The molecule has 0 saturated heterocycles. The molecule has 0 bridgehead atoms. The van der Waals surface area contributed by atoms with Gasteiger partial charge in [0.15, 0.2) is 0 Å². The second-order valence-electron chi connectivity index (χ2n) is 4.73. The number of rotatable bonds is 0. The first-order chi connectivity index (χ1) is 5.00. The lowest BCUT2D eigenvalue weighted by atomic mass is 9.72. The number of hydrogen-bond acceptors (Lipinski definition) is 1. The van der Waals surface area contributed by atoms with E-state index in [1.807, 2.05) is 0 Å². The highest BCUT2D eigenvalue weighted by molar-refractivity contribution is 4.89. The van der Waals surface area contributed by atoms with E-state index in [2.05, 4.69) is 20.8 Å². The SMILES string of the molecule is CC(C)(C)C1CCC[C](O)C1. The summed E-state index contributed by atoms with van der Waals surface area (Å²) < 4.78 is 0. The topological polar surface area (TPSA) is 20.2 Å². The van der Waals surface area contributed by atoms with Gasteiger partial charge in [0.05, 0.1) is 6.10 Å². The zero-order chi connectivity index (χ0) is 8.48. The summed E-state index contributed by atoms with van der Waals surface area (Å²) in [7, 11) is 0. The van der Waals surface area contributed by atoms with Crippen LogP contribution in [0, 0.1) is 17.4 Å². The molecule has 1 rings (SSSR count). The zero-order valence-corrected chi connectivity index (χ0v) is 7.85. The normalized spacial score (nSPS) is 28.9. The number of hydrogen-bond donors (Lipinski definition) is 1. The molecule has 1 nitrogen and oxygen atoms in total. The van der Waals surface area contributed by atoms with Crippen LogP contribution in [0.3, 0.4) is 0 Å². The first-order valence-corrected chi connectivity index (χ1v) is 4.54. The average Bonchev–Trinajstić information content (AvgIpc) is 1.86. The minimum Gasteiger partial charge on any atom is -0.387 e. The minimum atomic E-state index is 0.369. The van der Waals surface area contributed by atoms with Gasteiger partial charge in [-0.1, -0.05) is 27.2 Å². The summed E-state index contributed by atoms with van der Waals surface area (Å²) in [5.41, 5.74) is 0.369. The third-order valence-corrected chi connectivity index (χ3v) is 2.72. The Morgan fingerprint density at radius 3 is 2.36 bits per heavy atom. The van der Waals surface area contributed by atoms with Gasteiger partial charge < -0.3 is 5.11 Å². The highest BCUT2D eigenvalue weighted by Gasteiger charge is 2.29. The van der Waals surface area contributed by atoms with E-state index >= 15 is 0 Å². The lowest BCUT2D eigenvalue weighted by molar-refractivity contribution is 0.127. The molecule has 1 N–H and O–H groups in total. The fraction of sp³-hybridized carbons (Fsp3) is 0.900. The molecule has 0 spiro atoms. The van der Waals surface area contributed by atoms with Crippen LogP contribution >= 0.6 is 0 Å². The Balaban J connectivity index is 2.46. The van der Waals surface area contributed by atoms with Gasteiger partial charge in [-0.05, 0) is 30.6 Å². The summed E-state index contributed by atoms with van der Waals surface area (Å²) >= 11 is 0. The van der Waals surface area contributed by atoms with Crippen molar-refractivity contribution >= 4 is 0 Å². The Kier molecular flexibility index (Phi) is 2.58. The molecule has 0 amide bonds. The molecule has 1 aliphatic carbocycles. The molecule has 1 saturated carbocycles. The Morgan fingerprint density at radius 2 is 2.00 bits per heavy atom. The van der Waals surface area contributed by atoms with Crippen LogP contribution in [0.2, 0.25) is 0 Å². The molecule has 0 aromatic carbocycles. The van der Waals surface area contributed by atoms with Crippen LogP contribution < -0.4 is 0 Å². The van der Waals surface area contributed by atoms with E-state index in [-0.39, 0.29) is 0 Å². The predicted molar refractivity (Wildman–Crippen MR) is 46.6 cm³/mol. The van der Waals surface area contributed by atoms with E-state index in [1.54, 1.807) is 0 Å². The molecular weight excluding hydrogens is 136 g/mol. The maximum absolute atomic E-state index is 9.36. The van der Waals surface area contributed by atoms with Crippen molar-refractivity contribution in [3.63, 3.8) is 0 Å². The number of aliphatic hydroxyl groups is 1. The minimum absolute atomic E-state index is 0.369. The van der Waals surface area contributed by atoms with Gasteiger partial charge in [0, 0.05) is 0 Å². The molecule has 1 fully saturated rings. The maximum atomic E-state index is 9.36. The van der Waals surface area contributed by atoms with Gasteiger partial charge in [0.2, 0.25) is 0 Å². The van der Waals surface area contributed by atoms with Crippen LogP contribution in [0.15, 0.2) is 0 Å². The van der Waals surface area contributed by atoms with Crippen LogP contribution in [0.25, 0.3) is 0 Å². The van der Waals surface area contributed by atoms with Crippen molar-refractivity contribution in [1.29, 1.82) is 0 Å². The third-order valence-electron chi connectivity index (χ3n) is 2.72. The largest absolute Gasteiger partial charge is 0.387 e. The van der Waals surface area contributed by atoms with E-state index in [0.717, 1.165) is 18.9 Å². The molecule has 11 heavy (non-hydrogen) atoms. The highest BCUT2D eigenvalue weighted by Crippen LogP contribution is 2.39. The first-order valence-electron chi connectivity index (χ1n) is 4.54. The lowest BCUT2D eigenvalue weighted by Gasteiger charge is -2.35. The summed E-state index contributed by atoms with van der Waals surface area (Å²) in [6.45, 7) is 6.78. The van der Waals surface area contributed by atoms with Crippen molar-refractivity contribution < 1.29 is 5.11 Å². The molecule has 1 heteroatoms. The van der Waals surface area contributed by atoms with Gasteiger partial charge in [-0.2, -0.15) is 0 Å². The highest BCUT2D eigenvalue weighted by atomic mass is 16.3. The Morgan fingerprint density at radius 1 is 1.36 bits per heavy atom. The van der Waals surface area contributed by atoms with Gasteiger partial charge in [-0.15, -0.1) is 0 Å². The summed E-state index contributed by atoms with van der Waals surface area (Å²) in [5, 5.41) is 9.36. The maximum Gasteiger partial charge on any atom is 0.0936 e. The first kappa shape index (κ1) is 9.05. The number of aliphatic hydroxyl groups excluding tert-OH is 1. The molecule has 1 unspecified atom stereocenters. The second-order valence-corrected chi connectivity index (χ2v) is 4.73. The average molecular weight is 155 g/mol.